The zero-order chi connectivity index (χ0) is 12.1. The molecule has 0 atom stereocenters. The molecule has 0 amide bonds. The first-order valence-corrected chi connectivity index (χ1v) is 5.63. The number of hydrogen-bond acceptors (Lipinski definition) is 5. The molecular formula is C11H15N3O3. The second-order valence-electron chi connectivity index (χ2n) is 4.00. The zero-order valence-electron chi connectivity index (χ0n) is 9.43. The van der Waals surface area contributed by atoms with Gasteiger partial charge in [0.1, 0.15) is 0 Å². The highest BCUT2D eigenvalue weighted by Gasteiger charge is 2.16. The Balaban J connectivity index is 1.96. The Hall–Kier alpha value is -1.69. The SMILES string of the molecule is O=C(O)c1nccnc1NCC1CCOCC1. The van der Waals surface area contributed by atoms with Gasteiger partial charge in [-0.2, -0.15) is 0 Å². The highest BCUT2D eigenvalue weighted by atomic mass is 16.5. The number of rotatable bonds is 4. The number of carbonyl (C=O) groups is 1. The van der Waals surface area contributed by atoms with Crippen molar-refractivity contribution in [2.24, 2.45) is 5.92 Å². The summed E-state index contributed by atoms with van der Waals surface area (Å²) in [5.74, 6) is -0.216. The number of carboxylic acid groups (broad SMARTS) is 1. The number of carboxylic acids is 1. The second-order valence-corrected chi connectivity index (χ2v) is 4.00. The van der Waals surface area contributed by atoms with Crippen LogP contribution in [-0.2, 0) is 4.74 Å². The molecule has 1 aliphatic heterocycles. The van der Waals surface area contributed by atoms with Crippen LogP contribution >= 0.6 is 0 Å². The van der Waals surface area contributed by atoms with Gasteiger partial charge in [0.15, 0.2) is 11.5 Å². The number of nitrogens with one attached hydrogen (secondary N) is 1. The van der Waals surface area contributed by atoms with Crippen LogP contribution in [0.3, 0.4) is 0 Å². The highest BCUT2D eigenvalue weighted by molar-refractivity contribution is 5.90. The van der Waals surface area contributed by atoms with E-state index in [1.54, 1.807) is 0 Å². The lowest BCUT2D eigenvalue weighted by atomic mass is 10.0. The van der Waals surface area contributed by atoms with Crippen LogP contribution in [-0.4, -0.2) is 40.8 Å². The van der Waals surface area contributed by atoms with Crippen LogP contribution in [0, 0.1) is 5.92 Å². The quantitative estimate of drug-likeness (QED) is 0.813. The minimum Gasteiger partial charge on any atom is -0.476 e. The molecule has 92 valence electrons. The van der Waals surface area contributed by atoms with Crippen LogP contribution in [0.4, 0.5) is 5.82 Å². The van der Waals surface area contributed by atoms with Crippen molar-refractivity contribution in [3.05, 3.63) is 18.1 Å². The number of nitrogens with zero attached hydrogens (tertiary/aromatic N) is 2. The molecule has 2 rings (SSSR count). The number of aromatic carboxylic acids is 1. The molecule has 2 N–H and O–H groups in total. The molecule has 0 aromatic carbocycles. The van der Waals surface area contributed by atoms with E-state index in [2.05, 4.69) is 15.3 Å². The first-order chi connectivity index (χ1) is 8.27. The van der Waals surface area contributed by atoms with Gasteiger partial charge in [-0.1, -0.05) is 0 Å². The predicted octanol–water partition coefficient (Wildman–Crippen LogP) is 1.01. The van der Waals surface area contributed by atoms with Gasteiger partial charge in [0.05, 0.1) is 0 Å². The standard InChI is InChI=1S/C11H15N3O3/c15-11(16)9-10(13-4-3-12-9)14-7-8-1-5-17-6-2-8/h3-4,8H,1-2,5-7H2,(H,13,14)(H,15,16). The minimum atomic E-state index is -1.06. The zero-order valence-corrected chi connectivity index (χ0v) is 9.43. The number of aromatic nitrogens is 2. The van der Waals surface area contributed by atoms with Crippen molar-refractivity contribution in [2.75, 3.05) is 25.1 Å². The lowest BCUT2D eigenvalue weighted by Gasteiger charge is -2.22. The van der Waals surface area contributed by atoms with Crippen LogP contribution in [0.2, 0.25) is 0 Å². The van der Waals surface area contributed by atoms with Crippen molar-refractivity contribution in [3.63, 3.8) is 0 Å². The van der Waals surface area contributed by atoms with Gasteiger partial charge < -0.3 is 15.2 Å². The summed E-state index contributed by atoms with van der Waals surface area (Å²) < 4.78 is 5.26. The Morgan fingerprint density at radius 1 is 1.41 bits per heavy atom. The predicted molar refractivity (Wildman–Crippen MR) is 61.0 cm³/mol. The topological polar surface area (TPSA) is 84.3 Å². The van der Waals surface area contributed by atoms with E-state index in [4.69, 9.17) is 9.84 Å². The second kappa shape index (κ2) is 5.58. The van der Waals surface area contributed by atoms with Crippen molar-refractivity contribution in [3.8, 4) is 0 Å². The molecule has 0 unspecified atom stereocenters. The summed E-state index contributed by atoms with van der Waals surface area (Å²) >= 11 is 0. The molecule has 0 radical (unpaired) electrons. The number of hydrogen-bond donors (Lipinski definition) is 2. The van der Waals surface area contributed by atoms with Gasteiger partial charge in [-0.05, 0) is 18.8 Å². The Labute approximate surface area is 99.0 Å². The largest absolute Gasteiger partial charge is 0.476 e. The van der Waals surface area contributed by atoms with Gasteiger partial charge in [-0.3, -0.25) is 0 Å². The summed E-state index contributed by atoms with van der Waals surface area (Å²) in [5.41, 5.74) is -0.0282. The van der Waals surface area contributed by atoms with Gasteiger partial charge in [-0.25, -0.2) is 14.8 Å². The first-order valence-electron chi connectivity index (χ1n) is 5.63. The number of ether oxygens (including phenoxy) is 1. The van der Waals surface area contributed by atoms with E-state index in [-0.39, 0.29) is 5.69 Å². The molecule has 17 heavy (non-hydrogen) atoms. The summed E-state index contributed by atoms with van der Waals surface area (Å²) in [5, 5.41) is 12.0. The summed E-state index contributed by atoms with van der Waals surface area (Å²) in [6.45, 7) is 2.26. The third-order valence-electron chi connectivity index (χ3n) is 2.80. The van der Waals surface area contributed by atoms with E-state index in [1.165, 1.54) is 12.4 Å². The van der Waals surface area contributed by atoms with Crippen molar-refractivity contribution < 1.29 is 14.6 Å². The van der Waals surface area contributed by atoms with E-state index in [1.807, 2.05) is 0 Å². The molecule has 6 heteroatoms. The first kappa shape index (κ1) is 11.8. The third-order valence-corrected chi connectivity index (χ3v) is 2.80. The van der Waals surface area contributed by atoms with Crippen LogP contribution in [0.5, 0.6) is 0 Å². The van der Waals surface area contributed by atoms with Gasteiger partial charge in [0.2, 0.25) is 0 Å². The van der Waals surface area contributed by atoms with Crippen molar-refractivity contribution in [1.82, 2.24) is 9.97 Å². The van der Waals surface area contributed by atoms with Crippen LogP contribution in [0.25, 0.3) is 0 Å². The summed E-state index contributed by atoms with van der Waals surface area (Å²) in [6, 6.07) is 0. The minimum absolute atomic E-state index is 0.0282. The van der Waals surface area contributed by atoms with Crippen molar-refractivity contribution in [1.29, 1.82) is 0 Å². The fraction of sp³-hybridized carbons (Fsp3) is 0.545. The fourth-order valence-corrected chi connectivity index (χ4v) is 1.82. The van der Waals surface area contributed by atoms with Crippen LogP contribution < -0.4 is 5.32 Å². The molecule has 0 saturated carbocycles. The third kappa shape index (κ3) is 3.13. The van der Waals surface area contributed by atoms with Gasteiger partial charge in [0, 0.05) is 32.2 Å². The van der Waals surface area contributed by atoms with Gasteiger partial charge in [-0.15, -0.1) is 0 Å². The smallest absolute Gasteiger partial charge is 0.358 e. The van der Waals surface area contributed by atoms with Gasteiger partial charge >= 0.3 is 5.97 Å². The van der Waals surface area contributed by atoms with Crippen LogP contribution in [0.1, 0.15) is 23.3 Å². The highest BCUT2D eigenvalue weighted by Crippen LogP contribution is 2.16. The fourth-order valence-electron chi connectivity index (χ4n) is 1.82. The average molecular weight is 237 g/mol. The van der Waals surface area contributed by atoms with E-state index in [9.17, 15) is 4.79 Å². The lowest BCUT2D eigenvalue weighted by Crippen LogP contribution is -2.23. The summed E-state index contributed by atoms with van der Waals surface area (Å²) in [4.78, 5) is 18.7. The molecule has 1 fully saturated rings. The van der Waals surface area contributed by atoms with Crippen molar-refractivity contribution in [2.45, 2.75) is 12.8 Å². The molecule has 0 bridgehead atoms. The van der Waals surface area contributed by atoms with E-state index >= 15 is 0 Å². The lowest BCUT2D eigenvalue weighted by molar-refractivity contribution is 0.0684. The molecule has 1 saturated heterocycles. The molecule has 1 aliphatic rings. The van der Waals surface area contributed by atoms with Crippen molar-refractivity contribution >= 4 is 11.8 Å². The normalized spacial score (nSPS) is 16.7. The Kier molecular flexibility index (Phi) is 3.87. The Bertz CT molecular complexity index is 391. The molecule has 0 aliphatic carbocycles. The molecule has 0 spiro atoms. The molecular weight excluding hydrogens is 222 g/mol. The van der Waals surface area contributed by atoms with E-state index < -0.39 is 5.97 Å². The average Bonchev–Trinajstić information content (AvgIpc) is 2.38. The van der Waals surface area contributed by atoms with Gasteiger partial charge in [0.25, 0.3) is 0 Å². The number of anilines is 1. The van der Waals surface area contributed by atoms with E-state index in [0.717, 1.165) is 26.1 Å². The molecule has 2 heterocycles. The maximum absolute atomic E-state index is 10.9. The molecule has 1 aromatic heterocycles. The maximum atomic E-state index is 10.9. The summed E-state index contributed by atoms with van der Waals surface area (Å²) in [7, 11) is 0. The van der Waals surface area contributed by atoms with Crippen LogP contribution in [0.15, 0.2) is 12.4 Å². The molecule has 1 aromatic rings. The monoisotopic (exact) mass is 237 g/mol. The summed E-state index contributed by atoms with van der Waals surface area (Å²) in [6.07, 6.45) is 4.85. The Morgan fingerprint density at radius 3 is 2.82 bits per heavy atom. The molecule has 6 nitrogen and oxygen atoms in total. The van der Waals surface area contributed by atoms with E-state index in [0.29, 0.717) is 18.3 Å². The maximum Gasteiger partial charge on any atom is 0.358 e. The Morgan fingerprint density at radius 2 is 2.12 bits per heavy atom.